The van der Waals surface area contributed by atoms with Crippen molar-refractivity contribution >= 4 is 5.91 Å². The van der Waals surface area contributed by atoms with Crippen LogP contribution in [-0.4, -0.2) is 18.1 Å². The average molecular weight is 271 g/mol. The second-order valence-electron chi connectivity index (χ2n) is 4.94. The molecule has 1 aromatic carbocycles. The summed E-state index contributed by atoms with van der Waals surface area (Å²) < 4.78 is 38.0. The van der Waals surface area contributed by atoms with Crippen molar-refractivity contribution in [1.82, 2.24) is 5.32 Å². The molecule has 0 aliphatic heterocycles. The lowest BCUT2D eigenvalue weighted by Gasteiger charge is -2.31. The number of nitrogens with one attached hydrogen (secondary N) is 1. The molecule has 2 nitrogen and oxygen atoms in total. The first-order chi connectivity index (χ1) is 8.97. The fraction of sp³-hybridized carbons (Fsp3) is 0.500. The van der Waals surface area contributed by atoms with Gasteiger partial charge >= 0.3 is 6.18 Å². The van der Waals surface area contributed by atoms with Gasteiger partial charge < -0.3 is 5.32 Å². The van der Waals surface area contributed by atoms with E-state index in [1.54, 1.807) is 30.3 Å². The van der Waals surface area contributed by atoms with E-state index in [0.717, 1.165) is 0 Å². The maximum atomic E-state index is 12.7. The van der Waals surface area contributed by atoms with Gasteiger partial charge in [0.15, 0.2) is 0 Å². The van der Waals surface area contributed by atoms with Gasteiger partial charge in [0.05, 0.1) is 5.92 Å². The summed E-state index contributed by atoms with van der Waals surface area (Å²) in [6, 6.07) is 8.17. The molecule has 2 rings (SSSR count). The number of carbonyl (C=O) groups excluding carboxylic acids is 1. The Labute approximate surface area is 110 Å². The van der Waals surface area contributed by atoms with Crippen molar-refractivity contribution < 1.29 is 18.0 Å². The lowest BCUT2D eigenvalue weighted by atomic mass is 9.85. The van der Waals surface area contributed by atoms with Gasteiger partial charge in [0.25, 0.3) is 5.91 Å². The molecular weight excluding hydrogens is 255 g/mol. The van der Waals surface area contributed by atoms with Crippen LogP contribution < -0.4 is 5.32 Å². The summed E-state index contributed by atoms with van der Waals surface area (Å²) in [4.78, 5) is 11.9. The van der Waals surface area contributed by atoms with E-state index in [-0.39, 0.29) is 24.8 Å². The van der Waals surface area contributed by atoms with Crippen LogP contribution in [0.3, 0.4) is 0 Å². The van der Waals surface area contributed by atoms with Crippen LogP contribution in [0.1, 0.15) is 36.0 Å². The summed E-state index contributed by atoms with van der Waals surface area (Å²) in [5, 5.41) is 2.70. The van der Waals surface area contributed by atoms with Crippen molar-refractivity contribution in [3.05, 3.63) is 35.9 Å². The summed E-state index contributed by atoms with van der Waals surface area (Å²) in [6.45, 7) is 0. The molecule has 5 heteroatoms. The zero-order valence-electron chi connectivity index (χ0n) is 10.4. The maximum absolute atomic E-state index is 12.7. The Bertz CT molecular complexity index is 430. The zero-order valence-corrected chi connectivity index (χ0v) is 10.4. The van der Waals surface area contributed by atoms with Gasteiger partial charge in [-0.05, 0) is 31.4 Å². The molecule has 2 atom stereocenters. The van der Waals surface area contributed by atoms with Gasteiger partial charge in [-0.15, -0.1) is 0 Å². The van der Waals surface area contributed by atoms with E-state index in [1.807, 2.05) is 0 Å². The molecule has 104 valence electrons. The molecule has 19 heavy (non-hydrogen) atoms. The molecule has 0 spiro atoms. The van der Waals surface area contributed by atoms with Crippen LogP contribution in [0.15, 0.2) is 30.3 Å². The predicted molar refractivity (Wildman–Crippen MR) is 65.7 cm³/mol. The highest BCUT2D eigenvalue weighted by molar-refractivity contribution is 5.94. The Morgan fingerprint density at radius 3 is 2.47 bits per heavy atom. The van der Waals surface area contributed by atoms with Gasteiger partial charge in [-0.25, -0.2) is 0 Å². The van der Waals surface area contributed by atoms with Gasteiger partial charge in [-0.3, -0.25) is 4.79 Å². The minimum Gasteiger partial charge on any atom is -0.349 e. The SMILES string of the molecule is O=C(NC1CCCC(C(F)(F)F)C1)c1ccccc1. The quantitative estimate of drug-likeness (QED) is 0.875. The number of rotatable bonds is 2. The molecule has 0 aromatic heterocycles. The molecule has 1 amide bonds. The Morgan fingerprint density at radius 2 is 1.84 bits per heavy atom. The molecule has 1 N–H and O–H groups in total. The second kappa shape index (κ2) is 5.63. The molecule has 0 radical (unpaired) electrons. The highest BCUT2D eigenvalue weighted by Crippen LogP contribution is 2.37. The smallest absolute Gasteiger partial charge is 0.349 e. The molecule has 2 unspecified atom stereocenters. The van der Waals surface area contributed by atoms with E-state index in [1.165, 1.54) is 0 Å². The summed E-state index contributed by atoms with van der Waals surface area (Å²) in [5.74, 6) is -1.59. The fourth-order valence-corrected chi connectivity index (χ4v) is 2.48. The number of benzene rings is 1. The lowest BCUT2D eigenvalue weighted by Crippen LogP contribution is -2.41. The molecule has 0 saturated heterocycles. The van der Waals surface area contributed by atoms with Crippen LogP contribution in [0.2, 0.25) is 0 Å². The minimum atomic E-state index is -4.16. The van der Waals surface area contributed by atoms with E-state index in [0.29, 0.717) is 18.4 Å². The summed E-state index contributed by atoms with van der Waals surface area (Å²) in [7, 11) is 0. The molecular formula is C14H16F3NO. The van der Waals surface area contributed by atoms with Crippen LogP contribution in [-0.2, 0) is 0 Å². The lowest BCUT2D eigenvalue weighted by molar-refractivity contribution is -0.183. The second-order valence-corrected chi connectivity index (χ2v) is 4.94. The highest BCUT2D eigenvalue weighted by Gasteiger charge is 2.42. The monoisotopic (exact) mass is 271 g/mol. The van der Waals surface area contributed by atoms with Gasteiger partial charge in [0.1, 0.15) is 0 Å². The maximum Gasteiger partial charge on any atom is 0.391 e. The van der Waals surface area contributed by atoms with Crippen molar-refractivity contribution in [1.29, 1.82) is 0 Å². The van der Waals surface area contributed by atoms with Crippen LogP contribution in [0.5, 0.6) is 0 Å². The number of hydrogen-bond donors (Lipinski definition) is 1. The van der Waals surface area contributed by atoms with Gasteiger partial charge in [0, 0.05) is 11.6 Å². The number of halogens is 3. The Balaban J connectivity index is 1.94. The zero-order chi connectivity index (χ0) is 13.9. The van der Waals surface area contributed by atoms with Crippen LogP contribution in [0, 0.1) is 5.92 Å². The Hall–Kier alpha value is -1.52. The normalized spacial score (nSPS) is 23.9. The molecule has 1 aliphatic carbocycles. The first-order valence-electron chi connectivity index (χ1n) is 6.39. The largest absolute Gasteiger partial charge is 0.391 e. The van der Waals surface area contributed by atoms with Crippen molar-refractivity contribution in [3.63, 3.8) is 0 Å². The Morgan fingerprint density at radius 1 is 1.16 bits per heavy atom. The molecule has 0 heterocycles. The van der Waals surface area contributed by atoms with E-state index < -0.39 is 12.1 Å². The average Bonchev–Trinajstić information content (AvgIpc) is 2.39. The molecule has 1 saturated carbocycles. The van der Waals surface area contributed by atoms with Crippen LogP contribution >= 0.6 is 0 Å². The van der Waals surface area contributed by atoms with E-state index in [2.05, 4.69) is 5.32 Å². The molecule has 1 fully saturated rings. The first-order valence-corrected chi connectivity index (χ1v) is 6.39. The van der Waals surface area contributed by atoms with Crippen molar-refractivity contribution in [3.8, 4) is 0 Å². The molecule has 1 aromatic rings. The topological polar surface area (TPSA) is 29.1 Å². The number of amides is 1. The van der Waals surface area contributed by atoms with Crippen molar-refractivity contribution in [2.75, 3.05) is 0 Å². The van der Waals surface area contributed by atoms with E-state index in [4.69, 9.17) is 0 Å². The summed E-state index contributed by atoms with van der Waals surface area (Å²) in [6.07, 6.45) is -2.88. The van der Waals surface area contributed by atoms with E-state index >= 15 is 0 Å². The third-order valence-electron chi connectivity index (χ3n) is 3.51. The minimum absolute atomic E-state index is 0.0118. The number of carbonyl (C=O) groups is 1. The molecule has 1 aliphatic rings. The van der Waals surface area contributed by atoms with E-state index in [9.17, 15) is 18.0 Å². The third kappa shape index (κ3) is 3.72. The predicted octanol–water partition coefficient (Wildman–Crippen LogP) is 3.54. The van der Waals surface area contributed by atoms with Gasteiger partial charge in [-0.2, -0.15) is 13.2 Å². The van der Waals surface area contributed by atoms with Gasteiger partial charge in [0.2, 0.25) is 0 Å². The summed E-state index contributed by atoms with van der Waals surface area (Å²) >= 11 is 0. The number of hydrogen-bond acceptors (Lipinski definition) is 1. The summed E-state index contributed by atoms with van der Waals surface area (Å²) in [5.41, 5.74) is 0.483. The van der Waals surface area contributed by atoms with Crippen LogP contribution in [0.25, 0.3) is 0 Å². The number of alkyl halides is 3. The van der Waals surface area contributed by atoms with Crippen molar-refractivity contribution in [2.24, 2.45) is 5.92 Å². The first kappa shape index (κ1) is 13.9. The Kier molecular flexibility index (Phi) is 4.12. The van der Waals surface area contributed by atoms with Gasteiger partial charge in [-0.1, -0.05) is 24.6 Å². The van der Waals surface area contributed by atoms with Crippen molar-refractivity contribution in [2.45, 2.75) is 37.9 Å². The van der Waals surface area contributed by atoms with Crippen LogP contribution in [0.4, 0.5) is 13.2 Å². The third-order valence-corrected chi connectivity index (χ3v) is 3.51. The molecule has 0 bridgehead atoms. The fourth-order valence-electron chi connectivity index (χ4n) is 2.48. The standard InChI is InChI=1S/C14H16F3NO/c15-14(16,17)11-7-4-8-12(9-11)18-13(19)10-5-2-1-3-6-10/h1-3,5-6,11-12H,4,7-9H2,(H,18,19). The highest BCUT2D eigenvalue weighted by atomic mass is 19.4.